The summed E-state index contributed by atoms with van der Waals surface area (Å²) in [6, 6.07) is 5.29. The van der Waals surface area contributed by atoms with Crippen molar-refractivity contribution in [2.45, 2.75) is 43.2 Å². The van der Waals surface area contributed by atoms with Crippen LogP contribution in [0.4, 0.5) is 4.39 Å². The highest BCUT2D eigenvalue weighted by Crippen LogP contribution is 2.36. The highest BCUT2D eigenvalue weighted by atomic mass is 79.9. The van der Waals surface area contributed by atoms with Crippen LogP contribution in [0.25, 0.3) is 11.3 Å². The van der Waals surface area contributed by atoms with Crippen molar-refractivity contribution in [3.8, 4) is 11.3 Å². The number of aromatic nitrogens is 3. The number of halogens is 2. The molecule has 0 spiro atoms. The molecule has 5 atom stereocenters. The fraction of sp³-hybridized carbons (Fsp3) is 0.474. The van der Waals surface area contributed by atoms with Gasteiger partial charge < -0.3 is 18.9 Å². The third kappa shape index (κ3) is 5.02. The Morgan fingerprint density at radius 3 is 2.67 bits per heavy atom. The third-order valence-electron chi connectivity index (χ3n) is 4.56. The van der Waals surface area contributed by atoms with E-state index in [0.717, 1.165) is 0 Å². The van der Waals surface area contributed by atoms with Gasteiger partial charge in [-0.3, -0.25) is 9.59 Å². The number of benzene rings is 1. The van der Waals surface area contributed by atoms with Gasteiger partial charge in [-0.05, 0) is 12.1 Å². The van der Waals surface area contributed by atoms with Gasteiger partial charge in [-0.15, -0.1) is 5.10 Å². The van der Waals surface area contributed by atoms with E-state index in [1.807, 2.05) is 0 Å². The number of methoxy groups -OCH3 is 1. The zero-order valence-corrected chi connectivity index (χ0v) is 18.1. The lowest BCUT2D eigenvalue weighted by atomic mass is 9.97. The predicted octanol–water partition coefficient (Wildman–Crippen LogP) is 2.25. The second-order valence-electron chi connectivity index (χ2n) is 6.69. The number of carbonyl (C=O) groups excluding carboxylic acids is 2. The first-order valence-corrected chi connectivity index (χ1v) is 10.0. The quantitative estimate of drug-likeness (QED) is 0.453. The highest BCUT2D eigenvalue weighted by molar-refractivity contribution is 9.09. The van der Waals surface area contributed by atoms with Crippen molar-refractivity contribution in [3.63, 3.8) is 0 Å². The molecule has 9 nitrogen and oxygen atoms in total. The number of rotatable bonds is 6. The first-order chi connectivity index (χ1) is 14.3. The molecule has 162 valence electrons. The number of carbonyl (C=O) groups is 2. The van der Waals surface area contributed by atoms with Crippen molar-refractivity contribution < 1.29 is 32.9 Å². The van der Waals surface area contributed by atoms with Crippen LogP contribution in [0.5, 0.6) is 0 Å². The molecular formula is C19H21BrFN3O6. The Morgan fingerprint density at radius 1 is 1.27 bits per heavy atom. The third-order valence-corrected chi connectivity index (χ3v) is 5.30. The Balaban J connectivity index is 1.98. The average Bonchev–Trinajstić information content (AvgIpc) is 3.17. The Kier molecular flexibility index (Phi) is 7.16. The number of esters is 2. The summed E-state index contributed by atoms with van der Waals surface area (Å²) < 4.78 is 37.1. The molecule has 0 unspecified atom stereocenters. The lowest BCUT2D eigenvalue weighted by Gasteiger charge is -2.43. The lowest BCUT2D eigenvalue weighted by Crippen LogP contribution is -2.56. The molecular weight excluding hydrogens is 465 g/mol. The van der Waals surface area contributed by atoms with Crippen LogP contribution in [0.2, 0.25) is 0 Å². The van der Waals surface area contributed by atoms with E-state index in [-0.39, 0.29) is 6.61 Å². The molecule has 1 aromatic carbocycles. The molecule has 1 aliphatic rings. The van der Waals surface area contributed by atoms with Crippen molar-refractivity contribution in [1.29, 1.82) is 0 Å². The summed E-state index contributed by atoms with van der Waals surface area (Å²) in [5.74, 6) is -1.44. The number of hydrogen-bond donors (Lipinski definition) is 0. The summed E-state index contributed by atoms with van der Waals surface area (Å²) in [7, 11) is 1.48. The summed E-state index contributed by atoms with van der Waals surface area (Å²) in [4.78, 5) is 23.1. The summed E-state index contributed by atoms with van der Waals surface area (Å²) in [5.41, 5.74) is 0.971. The van der Waals surface area contributed by atoms with Crippen LogP contribution < -0.4 is 0 Å². The van der Waals surface area contributed by atoms with Gasteiger partial charge in [-0.2, -0.15) is 0 Å². The Hall–Kier alpha value is -2.37. The molecule has 1 aromatic heterocycles. The van der Waals surface area contributed by atoms with Crippen LogP contribution in [0.1, 0.15) is 19.9 Å². The second-order valence-corrected chi connectivity index (χ2v) is 7.59. The molecule has 0 saturated carbocycles. The molecule has 11 heteroatoms. The largest absolute Gasteiger partial charge is 0.463 e. The summed E-state index contributed by atoms with van der Waals surface area (Å²) in [6.07, 6.45) is -0.677. The van der Waals surface area contributed by atoms with E-state index in [1.54, 1.807) is 18.3 Å². The van der Waals surface area contributed by atoms with E-state index >= 15 is 0 Å². The highest BCUT2D eigenvalue weighted by Gasteiger charge is 2.49. The monoisotopic (exact) mass is 485 g/mol. The maximum Gasteiger partial charge on any atom is 0.303 e. The van der Waals surface area contributed by atoms with E-state index in [0.29, 0.717) is 11.3 Å². The molecule has 30 heavy (non-hydrogen) atoms. The minimum absolute atomic E-state index is 0.131. The van der Waals surface area contributed by atoms with Gasteiger partial charge in [-0.1, -0.05) is 33.3 Å². The zero-order chi connectivity index (χ0) is 21.8. The molecule has 1 fully saturated rings. The Labute approximate surface area is 180 Å². The standard InChI is InChI=1S/C19H21BrFN3O6/c1-10(25)28-9-15-17(29-11(2)26)16(18(27-3)19(20)30-15)24-8-14(22-23-24)12-5-4-6-13(21)7-12/h4-8,15-19H,9H2,1-3H3/t15-,16+,17+,18-,19+/m1/s1. The fourth-order valence-electron chi connectivity index (χ4n) is 3.30. The van der Waals surface area contributed by atoms with Gasteiger partial charge in [0.25, 0.3) is 0 Å². The van der Waals surface area contributed by atoms with E-state index in [1.165, 1.54) is 37.8 Å². The van der Waals surface area contributed by atoms with Crippen molar-refractivity contribution in [2.75, 3.05) is 13.7 Å². The predicted molar refractivity (Wildman–Crippen MR) is 105 cm³/mol. The minimum Gasteiger partial charge on any atom is -0.463 e. The fourth-order valence-corrected chi connectivity index (χ4v) is 4.11. The van der Waals surface area contributed by atoms with Gasteiger partial charge in [-0.25, -0.2) is 9.07 Å². The van der Waals surface area contributed by atoms with Gasteiger partial charge in [0.05, 0.1) is 6.20 Å². The van der Waals surface area contributed by atoms with Crippen LogP contribution in [-0.4, -0.2) is 64.0 Å². The SMILES string of the molecule is CO[C@@H]1[C@@H](n2cc(-c3cccc(F)c3)nn2)[C@@H](OC(C)=O)[C@@H](COC(C)=O)O[C@@H]1Br. The average molecular weight is 486 g/mol. The molecule has 3 rings (SSSR count). The van der Waals surface area contributed by atoms with Crippen LogP contribution in [0.15, 0.2) is 30.5 Å². The molecule has 1 aliphatic heterocycles. The van der Waals surface area contributed by atoms with Crippen LogP contribution >= 0.6 is 15.9 Å². The van der Waals surface area contributed by atoms with Gasteiger partial charge in [0.1, 0.15) is 41.4 Å². The molecule has 0 bridgehead atoms. The van der Waals surface area contributed by atoms with Crippen LogP contribution in [0, 0.1) is 5.82 Å². The number of alkyl halides is 1. The molecule has 0 aliphatic carbocycles. The Bertz CT molecular complexity index is 910. The second kappa shape index (κ2) is 9.63. The van der Waals surface area contributed by atoms with Gasteiger partial charge in [0, 0.05) is 26.5 Å². The van der Waals surface area contributed by atoms with E-state index < -0.39 is 47.1 Å². The maximum atomic E-state index is 13.6. The normalized spacial score (nSPS) is 26.2. The van der Waals surface area contributed by atoms with Crippen molar-refractivity contribution in [3.05, 3.63) is 36.3 Å². The maximum absolute atomic E-state index is 13.6. The smallest absolute Gasteiger partial charge is 0.303 e. The van der Waals surface area contributed by atoms with E-state index in [4.69, 9.17) is 18.9 Å². The summed E-state index contributed by atoms with van der Waals surface area (Å²) >= 11 is 3.42. The van der Waals surface area contributed by atoms with E-state index in [9.17, 15) is 14.0 Å². The zero-order valence-electron chi connectivity index (χ0n) is 16.5. The topological polar surface area (TPSA) is 102 Å². The number of hydrogen-bond acceptors (Lipinski definition) is 8. The molecule has 1 saturated heterocycles. The van der Waals surface area contributed by atoms with Crippen molar-refractivity contribution in [2.24, 2.45) is 0 Å². The lowest BCUT2D eigenvalue weighted by molar-refractivity contribution is -0.207. The molecule has 2 aromatic rings. The first-order valence-electron chi connectivity index (χ1n) is 9.11. The number of ether oxygens (including phenoxy) is 4. The Morgan fingerprint density at radius 2 is 2.03 bits per heavy atom. The molecule has 0 amide bonds. The van der Waals surface area contributed by atoms with Crippen molar-refractivity contribution in [1.82, 2.24) is 15.0 Å². The molecule has 0 N–H and O–H groups in total. The number of nitrogens with zero attached hydrogens (tertiary/aromatic N) is 3. The van der Waals surface area contributed by atoms with E-state index in [2.05, 4.69) is 26.2 Å². The minimum atomic E-state index is -0.886. The summed E-state index contributed by atoms with van der Waals surface area (Å²) in [5, 5.41) is 7.66. The molecule has 0 radical (unpaired) electrons. The van der Waals surface area contributed by atoms with Gasteiger partial charge >= 0.3 is 11.9 Å². The first kappa shape index (κ1) is 22.3. The summed E-state index contributed by atoms with van der Waals surface area (Å²) in [6.45, 7) is 2.41. The van der Waals surface area contributed by atoms with Crippen LogP contribution in [0.3, 0.4) is 0 Å². The van der Waals surface area contributed by atoms with Crippen molar-refractivity contribution >= 4 is 27.9 Å². The van der Waals surface area contributed by atoms with Gasteiger partial charge in [0.2, 0.25) is 0 Å². The van der Waals surface area contributed by atoms with Crippen LogP contribution in [-0.2, 0) is 28.5 Å². The molecule has 2 heterocycles. The van der Waals surface area contributed by atoms with Gasteiger partial charge in [0.15, 0.2) is 6.10 Å².